The highest BCUT2D eigenvalue weighted by Gasteiger charge is 2.15. The lowest BCUT2D eigenvalue weighted by Gasteiger charge is -2.12. The molecule has 0 bridgehead atoms. The molecule has 3 aromatic rings. The maximum atomic E-state index is 6.36. The Kier molecular flexibility index (Phi) is 3.99. The molecule has 0 unspecified atom stereocenters. The number of nitrogens with zero attached hydrogens (tertiary/aromatic N) is 3. The average Bonchev–Trinajstić information content (AvgIpc) is 2.86. The summed E-state index contributed by atoms with van der Waals surface area (Å²) in [5.74, 6) is 2.07. The minimum absolute atomic E-state index is 0.484. The van der Waals surface area contributed by atoms with E-state index in [0.29, 0.717) is 17.3 Å². The van der Waals surface area contributed by atoms with Crippen LogP contribution in [0.2, 0.25) is 5.02 Å². The normalized spacial score (nSPS) is 11.0. The van der Waals surface area contributed by atoms with Crippen molar-refractivity contribution in [2.24, 2.45) is 0 Å². The highest BCUT2D eigenvalue weighted by Crippen LogP contribution is 2.30. The Balaban J connectivity index is 2.29. The van der Waals surface area contributed by atoms with Crippen molar-refractivity contribution in [3.8, 4) is 11.4 Å². The smallest absolute Gasteiger partial charge is 0.121 e. The number of aromatic nitrogens is 3. The van der Waals surface area contributed by atoms with E-state index in [9.17, 15) is 0 Å². The van der Waals surface area contributed by atoms with Gasteiger partial charge in [0.15, 0.2) is 0 Å². The van der Waals surface area contributed by atoms with Crippen LogP contribution in [0.15, 0.2) is 36.7 Å². The van der Waals surface area contributed by atoms with Gasteiger partial charge in [-0.05, 0) is 18.2 Å². The topological polar surface area (TPSA) is 39.9 Å². The molecule has 4 nitrogen and oxygen atoms in total. The van der Waals surface area contributed by atoms with Gasteiger partial charge < -0.3 is 4.74 Å². The molecule has 3 rings (SSSR count). The van der Waals surface area contributed by atoms with Crippen molar-refractivity contribution < 1.29 is 4.74 Å². The second-order valence-electron chi connectivity index (χ2n) is 4.48. The zero-order chi connectivity index (χ0) is 14.8. The second-order valence-corrected chi connectivity index (χ2v) is 5.27. The fraction of sp³-hybridized carbons (Fsp3) is 0.200. The van der Waals surface area contributed by atoms with Gasteiger partial charge in [0, 0.05) is 24.6 Å². The Morgan fingerprint density at radius 2 is 2.14 bits per heavy atom. The Bertz CT molecular complexity index is 786. The van der Waals surface area contributed by atoms with Gasteiger partial charge in [-0.2, -0.15) is 0 Å². The molecule has 2 aromatic heterocycles. The Morgan fingerprint density at radius 3 is 2.90 bits per heavy atom. The minimum atomic E-state index is 0.484. The van der Waals surface area contributed by atoms with Gasteiger partial charge in [-0.15, -0.1) is 11.6 Å². The third kappa shape index (κ3) is 2.57. The molecule has 0 radical (unpaired) electrons. The predicted octanol–water partition coefficient (Wildman–Crippen LogP) is 3.86. The molecule has 0 saturated heterocycles. The highest BCUT2D eigenvalue weighted by molar-refractivity contribution is 6.32. The van der Waals surface area contributed by atoms with Crippen LogP contribution in [-0.4, -0.2) is 27.5 Å². The van der Waals surface area contributed by atoms with Gasteiger partial charge in [0.2, 0.25) is 0 Å². The molecule has 0 fully saturated rings. The van der Waals surface area contributed by atoms with E-state index >= 15 is 0 Å². The summed E-state index contributed by atoms with van der Waals surface area (Å²) in [7, 11) is 1.63. The van der Waals surface area contributed by atoms with E-state index in [1.54, 1.807) is 19.5 Å². The second kappa shape index (κ2) is 5.92. The summed E-state index contributed by atoms with van der Waals surface area (Å²) in [6.45, 7) is 0. The number of halogens is 2. The average molecular weight is 322 g/mol. The summed E-state index contributed by atoms with van der Waals surface area (Å²) >= 11 is 12.3. The quantitative estimate of drug-likeness (QED) is 0.685. The number of aryl methyl sites for hydroxylation is 1. The van der Waals surface area contributed by atoms with Crippen LogP contribution in [0.5, 0.6) is 5.75 Å². The van der Waals surface area contributed by atoms with Crippen LogP contribution >= 0.6 is 23.2 Å². The van der Waals surface area contributed by atoms with Gasteiger partial charge in [-0.25, -0.2) is 4.98 Å². The molecule has 0 aliphatic heterocycles. The Morgan fingerprint density at radius 1 is 1.29 bits per heavy atom. The summed E-state index contributed by atoms with van der Waals surface area (Å²) in [6, 6.07) is 7.44. The van der Waals surface area contributed by atoms with Crippen LogP contribution in [0.3, 0.4) is 0 Å². The third-order valence-corrected chi connectivity index (χ3v) is 3.75. The van der Waals surface area contributed by atoms with E-state index in [2.05, 4.69) is 9.97 Å². The number of rotatable bonds is 4. The molecule has 0 aliphatic rings. The molecule has 6 heteroatoms. The first kappa shape index (κ1) is 14.2. The van der Waals surface area contributed by atoms with Crippen molar-refractivity contribution in [2.75, 3.05) is 13.0 Å². The van der Waals surface area contributed by atoms with E-state index in [-0.39, 0.29) is 0 Å². The minimum Gasteiger partial charge on any atom is -0.497 e. The number of ether oxygens (including phenoxy) is 1. The van der Waals surface area contributed by atoms with E-state index in [1.165, 1.54) is 0 Å². The fourth-order valence-corrected chi connectivity index (χ4v) is 2.67. The molecule has 0 spiro atoms. The first-order chi connectivity index (χ1) is 10.2. The number of hydrogen-bond donors (Lipinski definition) is 0. The number of pyridine rings is 1. The number of alkyl halides is 1. The van der Waals surface area contributed by atoms with Crippen LogP contribution in [-0.2, 0) is 6.42 Å². The summed E-state index contributed by atoms with van der Waals surface area (Å²) in [6.07, 6.45) is 4.11. The van der Waals surface area contributed by atoms with Crippen LogP contribution in [0.25, 0.3) is 16.7 Å². The van der Waals surface area contributed by atoms with Crippen molar-refractivity contribution in [3.63, 3.8) is 0 Å². The first-order valence-electron chi connectivity index (χ1n) is 6.46. The summed E-state index contributed by atoms with van der Waals surface area (Å²) in [5, 5.41) is 0.628. The number of hydrogen-bond acceptors (Lipinski definition) is 3. The van der Waals surface area contributed by atoms with Crippen molar-refractivity contribution in [3.05, 3.63) is 47.5 Å². The highest BCUT2D eigenvalue weighted by atomic mass is 35.5. The number of benzene rings is 1. The van der Waals surface area contributed by atoms with Gasteiger partial charge in [-0.1, -0.05) is 11.6 Å². The van der Waals surface area contributed by atoms with E-state index < -0.39 is 0 Å². The third-order valence-electron chi connectivity index (χ3n) is 3.24. The van der Waals surface area contributed by atoms with Crippen molar-refractivity contribution >= 4 is 34.2 Å². The van der Waals surface area contributed by atoms with Crippen molar-refractivity contribution in [2.45, 2.75) is 6.42 Å². The molecule has 2 heterocycles. The van der Waals surface area contributed by atoms with Gasteiger partial charge >= 0.3 is 0 Å². The molecular formula is C15H13Cl2N3O. The van der Waals surface area contributed by atoms with E-state index in [1.807, 2.05) is 28.8 Å². The Labute approximate surface area is 132 Å². The van der Waals surface area contributed by atoms with E-state index in [4.69, 9.17) is 27.9 Å². The molecule has 21 heavy (non-hydrogen) atoms. The largest absolute Gasteiger partial charge is 0.497 e. The fourth-order valence-electron chi connectivity index (χ4n) is 2.29. The van der Waals surface area contributed by atoms with Crippen molar-refractivity contribution in [1.82, 2.24) is 14.5 Å². The molecule has 1 aromatic carbocycles. The summed E-state index contributed by atoms with van der Waals surface area (Å²) in [5.41, 5.74) is 2.58. The van der Waals surface area contributed by atoms with Crippen LogP contribution in [0.1, 0.15) is 5.82 Å². The number of fused-ring (bicyclic) bond motifs is 1. The maximum absolute atomic E-state index is 6.36. The monoisotopic (exact) mass is 321 g/mol. The number of imidazole rings is 1. The number of methoxy groups -OCH3 is 1. The zero-order valence-electron chi connectivity index (χ0n) is 11.4. The van der Waals surface area contributed by atoms with Gasteiger partial charge in [0.05, 0.1) is 29.5 Å². The zero-order valence-corrected chi connectivity index (χ0v) is 12.9. The molecule has 0 aliphatic carbocycles. The van der Waals surface area contributed by atoms with Crippen LogP contribution < -0.4 is 4.74 Å². The van der Waals surface area contributed by atoms with Crippen LogP contribution in [0.4, 0.5) is 0 Å². The molecule has 108 valence electrons. The molecule has 0 N–H and O–H groups in total. The summed E-state index contributed by atoms with van der Waals surface area (Å²) in [4.78, 5) is 8.70. The van der Waals surface area contributed by atoms with Crippen LogP contribution in [0, 0.1) is 0 Å². The van der Waals surface area contributed by atoms with E-state index in [0.717, 1.165) is 28.3 Å². The predicted molar refractivity (Wildman–Crippen MR) is 84.9 cm³/mol. The molecule has 0 atom stereocenters. The molecular weight excluding hydrogens is 309 g/mol. The molecule has 0 amide bonds. The van der Waals surface area contributed by atoms with Crippen molar-refractivity contribution in [1.29, 1.82) is 0 Å². The lowest BCUT2D eigenvalue weighted by atomic mass is 10.2. The SMILES string of the molecule is COc1ccc(Cl)c(-n2c(CCCl)nc3cnccc32)c1. The standard InChI is InChI=1S/C15H13Cl2N3O/c1-21-10-2-3-11(17)14(8-10)20-13-5-7-18-9-12(13)19-15(20)4-6-16/h2-3,5,7-9H,4,6H2,1H3. The maximum Gasteiger partial charge on any atom is 0.121 e. The van der Waals surface area contributed by atoms with Gasteiger partial charge in [-0.3, -0.25) is 9.55 Å². The first-order valence-corrected chi connectivity index (χ1v) is 7.37. The Hall–Kier alpha value is -1.78. The van der Waals surface area contributed by atoms with Gasteiger partial charge in [0.25, 0.3) is 0 Å². The summed E-state index contributed by atoms with van der Waals surface area (Å²) < 4.78 is 7.29. The lowest BCUT2D eigenvalue weighted by Crippen LogP contribution is -2.03. The lowest BCUT2D eigenvalue weighted by molar-refractivity contribution is 0.414. The molecule has 0 saturated carbocycles. The van der Waals surface area contributed by atoms with Gasteiger partial charge in [0.1, 0.15) is 17.1 Å².